The van der Waals surface area contributed by atoms with Crippen molar-refractivity contribution in [2.45, 2.75) is 0 Å². The van der Waals surface area contributed by atoms with Crippen LogP contribution in [0.2, 0.25) is 0 Å². The van der Waals surface area contributed by atoms with Crippen molar-refractivity contribution in [2.24, 2.45) is 0 Å². The first-order valence-electron chi connectivity index (χ1n) is 4.33. The van der Waals surface area contributed by atoms with Crippen molar-refractivity contribution in [3.05, 3.63) is 30.4 Å². The number of rotatable bonds is 5. The lowest BCUT2D eigenvalue weighted by molar-refractivity contribution is 0.111. The summed E-state index contributed by atoms with van der Waals surface area (Å²) in [6.45, 7) is 3.76. The molecule has 0 saturated carbocycles. The molecule has 1 aromatic carbocycles. The second-order valence-electron chi connectivity index (χ2n) is 2.75. The van der Waals surface area contributed by atoms with Crippen molar-refractivity contribution in [1.82, 2.24) is 0 Å². The highest BCUT2D eigenvalue weighted by Gasteiger charge is 2.13. The van der Waals surface area contributed by atoms with E-state index in [1.807, 2.05) is 0 Å². The molecule has 1 aromatic rings. The topological polar surface area (TPSA) is 55.8 Å². The molecular formula is C11H12O4. The lowest BCUT2D eigenvalue weighted by Gasteiger charge is -2.10. The number of aldehydes is 1. The van der Waals surface area contributed by atoms with Crippen LogP contribution in [0.1, 0.15) is 10.4 Å². The van der Waals surface area contributed by atoms with Gasteiger partial charge in [0.2, 0.25) is 5.75 Å². The van der Waals surface area contributed by atoms with E-state index >= 15 is 0 Å². The second-order valence-corrected chi connectivity index (χ2v) is 2.75. The van der Waals surface area contributed by atoms with Crippen molar-refractivity contribution in [2.75, 3.05) is 13.7 Å². The SMILES string of the molecule is C=CCOc1ccc(C=O)c(OC)c1O. The smallest absolute Gasteiger partial charge is 0.201 e. The average molecular weight is 208 g/mol. The summed E-state index contributed by atoms with van der Waals surface area (Å²) in [5.41, 5.74) is 0.279. The maximum Gasteiger partial charge on any atom is 0.201 e. The first-order chi connectivity index (χ1) is 7.24. The maximum absolute atomic E-state index is 10.6. The molecule has 0 aliphatic carbocycles. The normalized spacial score (nSPS) is 9.40. The van der Waals surface area contributed by atoms with Crippen molar-refractivity contribution in [1.29, 1.82) is 0 Å². The van der Waals surface area contributed by atoms with Gasteiger partial charge in [-0.05, 0) is 12.1 Å². The Labute approximate surface area is 87.7 Å². The van der Waals surface area contributed by atoms with E-state index in [4.69, 9.17) is 9.47 Å². The fourth-order valence-electron chi connectivity index (χ4n) is 1.14. The Morgan fingerprint density at radius 2 is 2.27 bits per heavy atom. The van der Waals surface area contributed by atoms with Crippen LogP contribution in [-0.2, 0) is 0 Å². The number of ether oxygens (including phenoxy) is 2. The standard InChI is InChI=1S/C11H12O4/c1-3-6-15-9-5-4-8(7-12)11(14-2)10(9)13/h3-5,7,13H,1,6H2,2H3. The van der Waals surface area contributed by atoms with Gasteiger partial charge in [-0.1, -0.05) is 12.7 Å². The Morgan fingerprint density at radius 3 is 2.80 bits per heavy atom. The molecule has 0 aliphatic heterocycles. The van der Waals surface area contributed by atoms with Gasteiger partial charge in [0.15, 0.2) is 17.8 Å². The molecule has 80 valence electrons. The quantitative estimate of drug-likeness (QED) is 0.592. The number of methoxy groups -OCH3 is 1. The first-order valence-corrected chi connectivity index (χ1v) is 4.33. The Balaban J connectivity index is 3.10. The zero-order valence-electron chi connectivity index (χ0n) is 8.40. The Morgan fingerprint density at radius 1 is 1.53 bits per heavy atom. The van der Waals surface area contributed by atoms with E-state index < -0.39 is 0 Å². The lowest BCUT2D eigenvalue weighted by Crippen LogP contribution is -1.97. The van der Waals surface area contributed by atoms with E-state index in [1.54, 1.807) is 6.08 Å². The van der Waals surface area contributed by atoms with E-state index in [2.05, 4.69) is 6.58 Å². The summed E-state index contributed by atoms with van der Waals surface area (Å²) in [4.78, 5) is 10.6. The van der Waals surface area contributed by atoms with Crippen LogP contribution in [0.5, 0.6) is 17.2 Å². The van der Waals surface area contributed by atoms with Gasteiger partial charge >= 0.3 is 0 Å². The molecular weight excluding hydrogens is 196 g/mol. The van der Waals surface area contributed by atoms with Crippen molar-refractivity contribution < 1.29 is 19.4 Å². The van der Waals surface area contributed by atoms with Crippen LogP contribution >= 0.6 is 0 Å². The highest BCUT2D eigenvalue weighted by molar-refractivity contribution is 5.82. The molecule has 0 unspecified atom stereocenters. The zero-order chi connectivity index (χ0) is 11.3. The molecule has 4 heteroatoms. The summed E-state index contributed by atoms with van der Waals surface area (Å²) in [5.74, 6) is 0.202. The molecule has 0 amide bonds. The van der Waals surface area contributed by atoms with Crippen LogP contribution in [0.15, 0.2) is 24.8 Å². The first kappa shape index (κ1) is 11.1. The summed E-state index contributed by atoms with van der Waals surface area (Å²) in [5, 5.41) is 9.68. The highest BCUT2D eigenvalue weighted by atomic mass is 16.5. The van der Waals surface area contributed by atoms with Crippen LogP contribution < -0.4 is 9.47 Å². The summed E-state index contributed by atoms with van der Waals surface area (Å²) in [6.07, 6.45) is 2.16. The van der Waals surface area contributed by atoms with Gasteiger partial charge < -0.3 is 14.6 Å². The van der Waals surface area contributed by atoms with Gasteiger partial charge in [0.1, 0.15) is 6.61 Å². The van der Waals surface area contributed by atoms with Crippen molar-refractivity contribution >= 4 is 6.29 Å². The molecule has 15 heavy (non-hydrogen) atoms. The predicted molar refractivity (Wildman–Crippen MR) is 55.7 cm³/mol. The number of phenols is 1. The van der Waals surface area contributed by atoms with E-state index in [0.717, 1.165) is 0 Å². The second kappa shape index (κ2) is 5.05. The molecule has 1 N–H and O–H groups in total. The minimum Gasteiger partial charge on any atom is -0.502 e. The zero-order valence-corrected chi connectivity index (χ0v) is 8.40. The van der Waals surface area contributed by atoms with Crippen molar-refractivity contribution in [3.63, 3.8) is 0 Å². The molecule has 0 heterocycles. The summed E-state index contributed by atoms with van der Waals surface area (Å²) in [7, 11) is 1.37. The van der Waals surface area contributed by atoms with E-state index in [9.17, 15) is 9.90 Å². The van der Waals surface area contributed by atoms with Gasteiger partial charge in [-0.15, -0.1) is 0 Å². The lowest BCUT2D eigenvalue weighted by atomic mass is 10.2. The summed E-state index contributed by atoms with van der Waals surface area (Å²) >= 11 is 0. The van der Waals surface area contributed by atoms with E-state index in [-0.39, 0.29) is 29.4 Å². The minimum absolute atomic E-state index is 0.117. The molecule has 0 saturated heterocycles. The van der Waals surface area contributed by atoms with Gasteiger partial charge in [-0.3, -0.25) is 4.79 Å². The Kier molecular flexibility index (Phi) is 3.74. The van der Waals surface area contributed by atoms with Crippen LogP contribution in [0, 0.1) is 0 Å². The molecule has 0 radical (unpaired) electrons. The van der Waals surface area contributed by atoms with Gasteiger partial charge in [-0.25, -0.2) is 0 Å². The third-order valence-electron chi connectivity index (χ3n) is 1.81. The van der Waals surface area contributed by atoms with Crippen LogP contribution in [0.3, 0.4) is 0 Å². The predicted octanol–water partition coefficient (Wildman–Crippen LogP) is 1.78. The molecule has 0 aliphatic rings. The van der Waals surface area contributed by atoms with Gasteiger partial charge in [0, 0.05) is 0 Å². The third-order valence-corrected chi connectivity index (χ3v) is 1.81. The molecule has 0 spiro atoms. The van der Waals surface area contributed by atoms with Crippen LogP contribution in [-0.4, -0.2) is 25.1 Å². The Hall–Kier alpha value is -1.97. The highest BCUT2D eigenvalue weighted by Crippen LogP contribution is 2.38. The van der Waals surface area contributed by atoms with Gasteiger partial charge in [0.25, 0.3) is 0 Å². The number of hydrogen-bond acceptors (Lipinski definition) is 4. The van der Waals surface area contributed by atoms with Crippen molar-refractivity contribution in [3.8, 4) is 17.2 Å². The molecule has 1 rings (SSSR count). The minimum atomic E-state index is -0.177. The van der Waals surface area contributed by atoms with Gasteiger partial charge in [-0.2, -0.15) is 0 Å². The number of aromatic hydroxyl groups is 1. The fourth-order valence-corrected chi connectivity index (χ4v) is 1.14. The average Bonchev–Trinajstić information content (AvgIpc) is 2.27. The monoisotopic (exact) mass is 208 g/mol. The van der Waals surface area contributed by atoms with Crippen LogP contribution in [0.4, 0.5) is 0 Å². The summed E-state index contributed by atoms with van der Waals surface area (Å²) < 4.78 is 10.1. The third kappa shape index (κ3) is 2.28. The molecule has 4 nitrogen and oxygen atoms in total. The number of carbonyl (C=O) groups is 1. The molecule has 0 bridgehead atoms. The molecule has 0 fully saturated rings. The fraction of sp³-hybridized carbons (Fsp3) is 0.182. The molecule has 0 aromatic heterocycles. The van der Waals surface area contributed by atoms with Gasteiger partial charge in [0.05, 0.1) is 12.7 Å². The van der Waals surface area contributed by atoms with E-state index in [1.165, 1.54) is 19.2 Å². The number of carbonyl (C=O) groups excluding carboxylic acids is 1. The number of phenolic OH excluding ortho intramolecular Hbond substituents is 1. The maximum atomic E-state index is 10.6. The largest absolute Gasteiger partial charge is 0.502 e. The molecule has 0 atom stereocenters. The number of benzene rings is 1. The number of hydrogen-bond donors (Lipinski definition) is 1. The summed E-state index contributed by atoms with van der Waals surface area (Å²) in [6, 6.07) is 3.02. The van der Waals surface area contributed by atoms with E-state index in [0.29, 0.717) is 6.29 Å². The van der Waals surface area contributed by atoms with Crippen LogP contribution in [0.25, 0.3) is 0 Å². The Bertz CT molecular complexity index is 371.